The number of amides is 1. The van der Waals surface area contributed by atoms with E-state index in [1.54, 1.807) is 0 Å². The number of carbonyl (C=O) groups is 1. The second kappa shape index (κ2) is 8.54. The molecule has 1 aromatic carbocycles. The first kappa shape index (κ1) is 19.5. The summed E-state index contributed by atoms with van der Waals surface area (Å²) in [6, 6.07) is 9.63. The summed E-state index contributed by atoms with van der Waals surface area (Å²) < 4.78 is 1.26. The Morgan fingerprint density at radius 1 is 1.29 bits per heavy atom. The Hall–Kier alpha value is -0.790. The molecule has 0 bridgehead atoms. The quantitative estimate of drug-likeness (QED) is 0.658. The normalized spacial score (nSPS) is 24.4. The lowest BCUT2D eigenvalue weighted by Gasteiger charge is -2.30. The molecule has 2 N–H and O–H groups in total. The fourth-order valence-electron chi connectivity index (χ4n) is 3.35. The van der Waals surface area contributed by atoms with Crippen LogP contribution < -0.4 is 5.32 Å². The Morgan fingerprint density at radius 2 is 1.92 bits per heavy atom. The molecular weight excluding hydrogens is 439 g/mol. The molecule has 1 aliphatic heterocycles. The molecule has 132 valence electrons. The van der Waals surface area contributed by atoms with Crippen molar-refractivity contribution in [3.63, 3.8) is 0 Å². The van der Waals surface area contributed by atoms with Gasteiger partial charge in [-0.3, -0.25) is 0 Å². The van der Waals surface area contributed by atoms with Crippen LogP contribution in [0.15, 0.2) is 29.8 Å². The molecule has 1 aromatic rings. The van der Waals surface area contributed by atoms with Crippen molar-refractivity contribution in [3.05, 3.63) is 39.0 Å². The minimum Gasteiger partial charge on any atom is -0.465 e. The van der Waals surface area contributed by atoms with Gasteiger partial charge in [-0.05, 0) is 72.4 Å². The maximum Gasteiger partial charge on any atom is 0.407 e. The predicted octanol–water partition coefficient (Wildman–Crippen LogP) is 4.24. The number of piperidine rings is 1. The van der Waals surface area contributed by atoms with Gasteiger partial charge in [0.2, 0.25) is 0 Å². The standard InChI is InChI=1S/C18H23IN2O2.ClH/c1-12(10-13-2-4-14(19)5-3-13)16-11-17(16)20-15-6-8-21(9-7-15)18(22)23;/h2-5,10,15-17,20H,6-9,11H2,1H3,(H,22,23);1H/b12-10+;/t16-,17+;/m0./s1. The molecule has 1 saturated carbocycles. The van der Waals surface area contributed by atoms with E-state index in [1.165, 1.54) is 26.0 Å². The van der Waals surface area contributed by atoms with E-state index in [2.05, 4.69) is 65.2 Å². The van der Waals surface area contributed by atoms with E-state index >= 15 is 0 Å². The van der Waals surface area contributed by atoms with Gasteiger partial charge in [-0.2, -0.15) is 0 Å². The van der Waals surface area contributed by atoms with E-state index in [0.29, 0.717) is 31.1 Å². The van der Waals surface area contributed by atoms with E-state index in [1.807, 2.05) is 0 Å². The van der Waals surface area contributed by atoms with Crippen LogP contribution in [0.1, 0.15) is 31.7 Å². The summed E-state index contributed by atoms with van der Waals surface area (Å²) >= 11 is 2.32. The van der Waals surface area contributed by atoms with Crippen LogP contribution in [-0.4, -0.2) is 41.3 Å². The molecule has 2 fully saturated rings. The lowest BCUT2D eigenvalue weighted by molar-refractivity contribution is 0.128. The Balaban J connectivity index is 0.00000208. The van der Waals surface area contributed by atoms with Gasteiger partial charge in [0.15, 0.2) is 0 Å². The highest BCUT2D eigenvalue weighted by molar-refractivity contribution is 14.1. The van der Waals surface area contributed by atoms with Gasteiger partial charge in [-0.1, -0.05) is 23.8 Å². The monoisotopic (exact) mass is 462 g/mol. The third-order valence-corrected chi connectivity index (χ3v) is 5.57. The van der Waals surface area contributed by atoms with Gasteiger partial charge >= 0.3 is 6.09 Å². The van der Waals surface area contributed by atoms with E-state index in [-0.39, 0.29) is 12.4 Å². The summed E-state index contributed by atoms with van der Waals surface area (Å²) in [4.78, 5) is 12.4. The lowest BCUT2D eigenvalue weighted by atomic mass is 10.0. The number of benzene rings is 1. The number of nitrogens with one attached hydrogen (secondary N) is 1. The molecule has 2 aliphatic rings. The van der Waals surface area contributed by atoms with Gasteiger partial charge in [-0.25, -0.2) is 4.79 Å². The number of hydrogen-bond acceptors (Lipinski definition) is 2. The largest absolute Gasteiger partial charge is 0.465 e. The van der Waals surface area contributed by atoms with E-state index in [9.17, 15) is 4.79 Å². The summed E-state index contributed by atoms with van der Waals surface area (Å²) in [7, 11) is 0. The van der Waals surface area contributed by atoms with Gasteiger partial charge in [0, 0.05) is 28.7 Å². The Bertz CT molecular complexity index is 598. The van der Waals surface area contributed by atoms with Gasteiger partial charge in [-0.15, -0.1) is 12.4 Å². The van der Waals surface area contributed by atoms with Crippen LogP contribution in [0.5, 0.6) is 0 Å². The van der Waals surface area contributed by atoms with Crippen molar-refractivity contribution in [2.24, 2.45) is 5.92 Å². The molecule has 0 aromatic heterocycles. The second-order valence-corrected chi connectivity index (χ2v) is 7.84. The molecule has 2 atom stereocenters. The zero-order valence-corrected chi connectivity index (χ0v) is 16.7. The molecule has 0 radical (unpaired) electrons. The van der Waals surface area contributed by atoms with E-state index in [4.69, 9.17) is 5.11 Å². The molecule has 4 nitrogen and oxygen atoms in total. The fourth-order valence-corrected chi connectivity index (χ4v) is 3.71. The topological polar surface area (TPSA) is 52.6 Å². The maximum absolute atomic E-state index is 10.9. The predicted molar refractivity (Wildman–Crippen MR) is 108 cm³/mol. The van der Waals surface area contributed by atoms with Crippen LogP contribution in [0, 0.1) is 9.49 Å². The van der Waals surface area contributed by atoms with Gasteiger partial charge < -0.3 is 15.3 Å². The molecule has 1 saturated heterocycles. The van der Waals surface area contributed by atoms with Crippen molar-refractivity contribution in [1.29, 1.82) is 0 Å². The van der Waals surface area contributed by atoms with Crippen LogP contribution >= 0.6 is 35.0 Å². The molecule has 24 heavy (non-hydrogen) atoms. The molecule has 1 aliphatic carbocycles. The van der Waals surface area contributed by atoms with E-state index in [0.717, 1.165) is 12.8 Å². The Labute approximate surface area is 163 Å². The summed E-state index contributed by atoms with van der Waals surface area (Å²) in [5.41, 5.74) is 2.70. The van der Waals surface area contributed by atoms with Crippen molar-refractivity contribution in [3.8, 4) is 0 Å². The lowest BCUT2D eigenvalue weighted by Crippen LogP contribution is -2.45. The first-order valence-corrected chi connectivity index (χ1v) is 9.28. The molecular formula is C18H24ClIN2O2. The maximum atomic E-state index is 10.9. The first-order valence-electron chi connectivity index (χ1n) is 8.20. The average molecular weight is 463 g/mol. The molecule has 0 unspecified atom stereocenters. The first-order chi connectivity index (χ1) is 11.0. The summed E-state index contributed by atoms with van der Waals surface area (Å²) in [6.45, 7) is 3.53. The number of carboxylic acid groups (broad SMARTS) is 1. The van der Waals surface area contributed by atoms with E-state index < -0.39 is 6.09 Å². The van der Waals surface area contributed by atoms with Crippen LogP contribution in [-0.2, 0) is 0 Å². The Morgan fingerprint density at radius 3 is 2.50 bits per heavy atom. The van der Waals surface area contributed by atoms with Gasteiger partial charge in [0.1, 0.15) is 0 Å². The van der Waals surface area contributed by atoms with Crippen molar-refractivity contribution in [2.45, 2.75) is 38.3 Å². The van der Waals surface area contributed by atoms with Gasteiger partial charge in [0.05, 0.1) is 0 Å². The SMILES string of the molecule is C/C(=C\c1ccc(I)cc1)[C@@H]1C[C@H]1NC1CCN(C(=O)O)CC1.Cl. The third kappa shape index (κ3) is 5.10. The highest BCUT2D eigenvalue weighted by atomic mass is 127. The average Bonchev–Trinajstić information content (AvgIpc) is 3.29. The number of hydrogen-bond donors (Lipinski definition) is 2. The van der Waals surface area contributed by atoms with Crippen LogP contribution in [0.2, 0.25) is 0 Å². The van der Waals surface area contributed by atoms with Crippen LogP contribution in [0.4, 0.5) is 4.79 Å². The van der Waals surface area contributed by atoms with Crippen molar-refractivity contribution < 1.29 is 9.90 Å². The zero-order valence-electron chi connectivity index (χ0n) is 13.7. The zero-order chi connectivity index (χ0) is 16.4. The summed E-state index contributed by atoms with van der Waals surface area (Å²) in [5, 5.41) is 12.7. The minimum absolute atomic E-state index is 0. The molecule has 1 amide bonds. The highest BCUT2D eigenvalue weighted by Crippen LogP contribution is 2.38. The van der Waals surface area contributed by atoms with Crippen molar-refractivity contribution in [2.75, 3.05) is 13.1 Å². The number of rotatable bonds is 4. The molecule has 1 heterocycles. The molecule has 0 spiro atoms. The highest BCUT2D eigenvalue weighted by Gasteiger charge is 2.39. The number of likely N-dealkylation sites (tertiary alicyclic amines) is 1. The third-order valence-electron chi connectivity index (χ3n) is 4.85. The van der Waals surface area contributed by atoms with Gasteiger partial charge in [0.25, 0.3) is 0 Å². The smallest absolute Gasteiger partial charge is 0.407 e. The summed E-state index contributed by atoms with van der Waals surface area (Å²) in [6.07, 6.45) is 4.55. The van der Waals surface area contributed by atoms with Crippen molar-refractivity contribution in [1.82, 2.24) is 10.2 Å². The molecule has 3 rings (SSSR count). The van der Waals surface area contributed by atoms with Crippen LogP contribution in [0.3, 0.4) is 0 Å². The minimum atomic E-state index is -0.788. The van der Waals surface area contributed by atoms with Crippen LogP contribution in [0.25, 0.3) is 6.08 Å². The Kier molecular flexibility index (Phi) is 6.95. The number of halogens is 2. The fraction of sp³-hybridized carbons (Fsp3) is 0.500. The second-order valence-electron chi connectivity index (χ2n) is 6.60. The molecule has 6 heteroatoms. The number of nitrogens with zero attached hydrogens (tertiary/aromatic N) is 1. The van der Waals surface area contributed by atoms with Crippen molar-refractivity contribution >= 4 is 47.2 Å². The summed E-state index contributed by atoms with van der Waals surface area (Å²) in [5.74, 6) is 0.631.